The molecule has 1 heterocycles. The van der Waals surface area contributed by atoms with E-state index in [4.69, 9.17) is 4.74 Å². The lowest BCUT2D eigenvalue weighted by molar-refractivity contribution is 0.0692. The molecule has 2 unspecified atom stereocenters. The van der Waals surface area contributed by atoms with Crippen LogP contribution in [0.25, 0.3) is 6.08 Å². The summed E-state index contributed by atoms with van der Waals surface area (Å²) in [6, 6.07) is 6.60. The zero-order valence-electron chi connectivity index (χ0n) is 18.0. The topological polar surface area (TPSA) is 92.7 Å². The number of allylic oxidation sites excluding steroid dienone is 1. The van der Waals surface area contributed by atoms with Crippen LogP contribution in [0.3, 0.4) is 0 Å². The molecule has 4 rings (SSSR count). The second-order valence-electron chi connectivity index (χ2n) is 8.79. The highest BCUT2D eigenvalue weighted by Crippen LogP contribution is 2.55. The third-order valence-electron chi connectivity index (χ3n) is 5.88. The number of carboxylic acids is 1. The molecular weight excluding hydrogens is 433 g/mol. The lowest BCUT2D eigenvalue weighted by atomic mass is 10.0. The standard InChI is InChI=1S/C24H26FNO5S/c1-14(2)5-3-4-6-15-11-17(25)7-10-21(15)32(29,30)26-20-9-8-18-19-12-16(19)13-31-23(18)22(20)24(27)28/h4,6-11,14,16,19,26H,3,5,12-13H2,1-2H3,(H,27,28)/b6-4-. The minimum Gasteiger partial charge on any atom is -0.492 e. The molecule has 0 saturated heterocycles. The number of nitrogens with one attached hydrogen (secondary N) is 1. The van der Waals surface area contributed by atoms with Gasteiger partial charge in [0.15, 0.2) is 0 Å². The van der Waals surface area contributed by atoms with E-state index in [1.165, 1.54) is 12.1 Å². The first-order chi connectivity index (χ1) is 15.2. The van der Waals surface area contributed by atoms with E-state index in [2.05, 4.69) is 18.6 Å². The van der Waals surface area contributed by atoms with E-state index in [0.717, 1.165) is 37.0 Å². The third-order valence-corrected chi connectivity index (χ3v) is 7.32. The van der Waals surface area contributed by atoms with Gasteiger partial charge in [0.1, 0.15) is 17.1 Å². The lowest BCUT2D eigenvalue weighted by Crippen LogP contribution is -2.19. The number of aromatic carboxylic acids is 1. The SMILES string of the molecule is CC(C)CC/C=C\c1cc(F)ccc1S(=O)(=O)Nc1ccc2c(c1C(=O)O)OCC1CC21. The van der Waals surface area contributed by atoms with Crippen molar-refractivity contribution in [3.63, 3.8) is 0 Å². The fourth-order valence-corrected chi connectivity index (χ4v) is 5.33. The van der Waals surface area contributed by atoms with Gasteiger partial charge in [-0.1, -0.05) is 32.1 Å². The number of fused-ring (bicyclic) bond motifs is 3. The molecule has 0 radical (unpaired) electrons. The Kier molecular flexibility index (Phi) is 5.99. The molecule has 1 aliphatic carbocycles. The van der Waals surface area contributed by atoms with Crippen molar-refractivity contribution < 1.29 is 27.4 Å². The average Bonchev–Trinajstić information content (AvgIpc) is 3.50. The fourth-order valence-electron chi connectivity index (χ4n) is 4.08. The molecule has 2 atom stereocenters. The maximum absolute atomic E-state index is 13.9. The molecular formula is C24H26FNO5S. The molecule has 0 aromatic heterocycles. The van der Waals surface area contributed by atoms with Gasteiger partial charge in [0.05, 0.1) is 17.2 Å². The van der Waals surface area contributed by atoms with Crippen molar-refractivity contribution in [3.05, 3.63) is 58.9 Å². The van der Waals surface area contributed by atoms with Crippen molar-refractivity contribution >= 4 is 27.8 Å². The van der Waals surface area contributed by atoms with Crippen LogP contribution in [0.2, 0.25) is 0 Å². The highest BCUT2D eigenvalue weighted by molar-refractivity contribution is 7.92. The van der Waals surface area contributed by atoms with Crippen LogP contribution in [0.15, 0.2) is 41.3 Å². The monoisotopic (exact) mass is 459 g/mol. The molecule has 1 fully saturated rings. The van der Waals surface area contributed by atoms with Gasteiger partial charge in [0, 0.05) is 5.92 Å². The van der Waals surface area contributed by atoms with Crippen molar-refractivity contribution in [2.45, 2.75) is 43.9 Å². The largest absolute Gasteiger partial charge is 0.492 e. The Bertz CT molecular complexity index is 1190. The van der Waals surface area contributed by atoms with Gasteiger partial charge in [-0.25, -0.2) is 17.6 Å². The van der Waals surface area contributed by atoms with Crippen LogP contribution in [-0.4, -0.2) is 26.1 Å². The minimum atomic E-state index is -4.19. The molecule has 6 nitrogen and oxygen atoms in total. The highest BCUT2D eigenvalue weighted by atomic mass is 32.2. The molecule has 2 aliphatic rings. The van der Waals surface area contributed by atoms with E-state index in [9.17, 15) is 22.7 Å². The van der Waals surface area contributed by atoms with Crippen LogP contribution in [0.1, 0.15) is 60.5 Å². The summed E-state index contributed by atoms with van der Waals surface area (Å²) in [4.78, 5) is 11.9. The molecule has 0 spiro atoms. The number of sulfonamides is 1. The number of carboxylic acid groups (broad SMARTS) is 1. The summed E-state index contributed by atoms with van der Waals surface area (Å²) in [6.45, 7) is 4.60. The molecule has 1 aliphatic heterocycles. The van der Waals surface area contributed by atoms with Gasteiger partial charge < -0.3 is 9.84 Å². The molecule has 2 aromatic rings. The number of ether oxygens (including phenoxy) is 1. The van der Waals surface area contributed by atoms with Crippen molar-refractivity contribution in [1.82, 2.24) is 0 Å². The van der Waals surface area contributed by atoms with Crippen LogP contribution in [-0.2, 0) is 10.0 Å². The van der Waals surface area contributed by atoms with Crippen molar-refractivity contribution in [3.8, 4) is 5.75 Å². The Morgan fingerprint density at radius 2 is 2.09 bits per heavy atom. The number of anilines is 1. The minimum absolute atomic E-state index is 0.0746. The number of carbonyl (C=O) groups is 1. The number of benzene rings is 2. The quantitative estimate of drug-likeness (QED) is 0.561. The Morgan fingerprint density at radius 1 is 1.31 bits per heavy atom. The average molecular weight is 460 g/mol. The lowest BCUT2D eigenvalue weighted by Gasteiger charge is -2.21. The Hall–Kier alpha value is -2.87. The van der Waals surface area contributed by atoms with E-state index in [-0.39, 0.29) is 33.4 Å². The van der Waals surface area contributed by atoms with E-state index in [0.29, 0.717) is 18.4 Å². The van der Waals surface area contributed by atoms with Gasteiger partial charge in [-0.05, 0) is 66.5 Å². The van der Waals surface area contributed by atoms with Crippen LogP contribution < -0.4 is 9.46 Å². The van der Waals surface area contributed by atoms with E-state index in [1.54, 1.807) is 12.1 Å². The van der Waals surface area contributed by atoms with Crippen LogP contribution in [0.4, 0.5) is 10.1 Å². The first-order valence-electron chi connectivity index (χ1n) is 10.7. The summed E-state index contributed by atoms with van der Waals surface area (Å²) in [6.07, 6.45) is 6.00. The first kappa shape index (κ1) is 22.3. The predicted molar refractivity (Wildman–Crippen MR) is 120 cm³/mol. The molecule has 170 valence electrons. The second-order valence-corrected chi connectivity index (χ2v) is 10.4. The molecule has 0 amide bonds. The molecule has 0 bridgehead atoms. The van der Waals surface area contributed by atoms with Gasteiger partial charge in [0.25, 0.3) is 10.0 Å². The molecule has 8 heteroatoms. The van der Waals surface area contributed by atoms with Crippen LogP contribution >= 0.6 is 0 Å². The zero-order chi connectivity index (χ0) is 23.0. The van der Waals surface area contributed by atoms with E-state index >= 15 is 0 Å². The zero-order valence-corrected chi connectivity index (χ0v) is 18.8. The maximum Gasteiger partial charge on any atom is 0.341 e. The Labute approximate surface area is 187 Å². The van der Waals surface area contributed by atoms with E-state index < -0.39 is 21.8 Å². The number of hydrogen-bond donors (Lipinski definition) is 2. The molecule has 1 saturated carbocycles. The number of hydrogen-bond acceptors (Lipinski definition) is 4. The first-order valence-corrected chi connectivity index (χ1v) is 12.2. The normalized spacial score (nSPS) is 19.4. The Morgan fingerprint density at radius 3 is 2.81 bits per heavy atom. The molecule has 2 N–H and O–H groups in total. The summed E-state index contributed by atoms with van der Waals surface area (Å²) < 4.78 is 48.3. The summed E-state index contributed by atoms with van der Waals surface area (Å²) in [7, 11) is -4.19. The van der Waals surface area contributed by atoms with Gasteiger partial charge in [-0.15, -0.1) is 0 Å². The summed E-state index contributed by atoms with van der Waals surface area (Å²) in [5.74, 6) is -0.447. The van der Waals surface area contributed by atoms with Crippen LogP contribution in [0.5, 0.6) is 5.75 Å². The summed E-state index contributed by atoms with van der Waals surface area (Å²) in [5.41, 5.74) is 0.729. The van der Waals surface area contributed by atoms with Gasteiger partial charge in [-0.2, -0.15) is 0 Å². The predicted octanol–water partition coefficient (Wildman–Crippen LogP) is 5.27. The summed E-state index contributed by atoms with van der Waals surface area (Å²) >= 11 is 0. The summed E-state index contributed by atoms with van der Waals surface area (Å²) in [5, 5.41) is 9.79. The number of rotatable bonds is 8. The van der Waals surface area contributed by atoms with E-state index in [1.807, 2.05) is 6.08 Å². The smallest absolute Gasteiger partial charge is 0.341 e. The number of halogens is 1. The molecule has 2 aromatic carbocycles. The highest BCUT2D eigenvalue weighted by Gasteiger charge is 2.45. The van der Waals surface area contributed by atoms with Gasteiger partial charge >= 0.3 is 5.97 Å². The second kappa shape index (κ2) is 8.58. The van der Waals surface area contributed by atoms with Gasteiger partial charge in [0.2, 0.25) is 0 Å². The van der Waals surface area contributed by atoms with Crippen molar-refractivity contribution in [2.75, 3.05) is 11.3 Å². The fraction of sp³-hybridized carbons (Fsp3) is 0.375. The van der Waals surface area contributed by atoms with Crippen molar-refractivity contribution in [2.24, 2.45) is 11.8 Å². The Balaban J connectivity index is 1.68. The molecule has 32 heavy (non-hydrogen) atoms. The maximum atomic E-state index is 13.9. The third kappa shape index (κ3) is 4.50. The van der Waals surface area contributed by atoms with Crippen molar-refractivity contribution in [1.29, 1.82) is 0 Å². The van der Waals surface area contributed by atoms with Gasteiger partial charge in [-0.3, -0.25) is 4.72 Å². The van der Waals surface area contributed by atoms with Crippen LogP contribution in [0, 0.1) is 17.7 Å².